The van der Waals surface area contributed by atoms with E-state index < -0.39 is 0 Å². The van der Waals surface area contributed by atoms with Crippen molar-refractivity contribution in [1.82, 2.24) is 0 Å². The maximum absolute atomic E-state index is 10.5. The molecule has 1 heterocycles. The fraction of sp³-hybridized carbons (Fsp3) is 0.125. The number of nitrogens with zero attached hydrogens (tertiary/aromatic N) is 1. The zero-order chi connectivity index (χ0) is 8.72. The second-order valence-electron chi connectivity index (χ2n) is 2.47. The molecule has 0 N–H and O–H groups in total. The van der Waals surface area contributed by atoms with Crippen LogP contribution in [0.3, 0.4) is 0 Å². The second-order valence-corrected chi connectivity index (χ2v) is 4.05. The Kier molecular flexibility index (Phi) is 1.88. The number of anilines is 2. The van der Waals surface area contributed by atoms with Crippen molar-refractivity contribution >= 4 is 45.5 Å². The molecule has 0 amide bonds. The normalized spacial score (nSPS) is 12.7. The lowest BCUT2D eigenvalue weighted by Gasteiger charge is -1.90. The van der Waals surface area contributed by atoms with Gasteiger partial charge in [0.1, 0.15) is 6.29 Å². The third-order valence-electron chi connectivity index (χ3n) is 1.76. The summed E-state index contributed by atoms with van der Waals surface area (Å²) in [5, 5.41) is 0. The Morgan fingerprint density at radius 1 is 1.58 bits per heavy atom. The standard InChI is InChI=1S/C8H6BrNOS/c1-12-10-7-3-5(4-11)2-6(9)8(7)10/h2-4H,1H3. The van der Waals surface area contributed by atoms with Crippen molar-refractivity contribution in [3.8, 4) is 0 Å². The number of fused-ring (bicyclic) bond motifs is 1. The highest BCUT2D eigenvalue weighted by Crippen LogP contribution is 2.56. The second kappa shape index (κ2) is 2.78. The van der Waals surface area contributed by atoms with E-state index in [1.54, 1.807) is 11.9 Å². The molecule has 12 heavy (non-hydrogen) atoms. The molecule has 1 aliphatic heterocycles. The molecule has 0 bridgehead atoms. The molecule has 0 aliphatic carbocycles. The van der Waals surface area contributed by atoms with Gasteiger partial charge in [0.05, 0.1) is 11.4 Å². The number of carbonyl (C=O) groups is 1. The monoisotopic (exact) mass is 243 g/mol. The van der Waals surface area contributed by atoms with E-state index in [0.29, 0.717) is 0 Å². The molecule has 0 spiro atoms. The predicted octanol–water partition coefficient (Wildman–Crippen LogP) is 2.99. The highest BCUT2D eigenvalue weighted by Gasteiger charge is 2.31. The number of hydrogen-bond acceptors (Lipinski definition) is 3. The quantitative estimate of drug-likeness (QED) is 0.453. The highest BCUT2D eigenvalue weighted by molar-refractivity contribution is 9.10. The van der Waals surface area contributed by atoms with Gasteiger partial charge in [0.15, 0.2) is 0 Å². The minimum absolute atomic E-state index is 0.720. The van der Waals surface area contributed by atoms with Crippen LogP contribution in [0, 0.1) is 0 Å². The van der Waals surface area contributed by atoms with E-state index in [9.17, 15) is 4.79 Å². The minimum Gasteiger partial charge on any atom is -0.298 e. The molecule has 0 saturated carbocycles. The number of hydrogen-bond donors (Lipinski definition) is 0. The topological polar surface area (TPSA) is 20.1 Å². The third kappa shape index (κ3) is 1.06. The average Bonchev–Trinajstić information content (AvgIpc) is 2.78. The molecule has 1 aliphatic rings. The van der Waals surface area contributed by atoms with E-state index in [1.807, 2.05) is 18.4 Å². The van der Waals surface area contributed by atoms with Gasteiger partial charge in [0, 0.05) is 16.3 Å². The molecule has 0 atom stereocenters. The van der Waals surface area contributed by atoms with Crippen LogP contribution in [-0.2, 0) is 0 Å². The molecule has 62 valence electrons. The molecule has 0 aromatic heterocycles. The molecule has 0 unspecified atom stereocenters. The lowest BCUT2D eigenvalue weighted by atomic mass is 10.2. The van der Waals surface area contributed by atoms with Gasteiger partial charge < -0.3 is 0 Å². The van der Waals surface area contributed by atoms with Crippen LogP contribution in [0.2, 0.25) is 0 Å². The molecule has 2 nitrogen and oxygen atoms in total. The van der Waals surface area contributed by atoms with Crippen molar-refractivity contribution in [3.05, 3.63) is 22.2 Å². The first-order valence-corrected chi connectivity index (χ1v) is 5.38. The first-order chi connectivity index (χ1) is 5.77. The zero-order valence-electron chi connectivity index (χ0n) is 6.37. The number of rotatable bonds is 2. The Balaban J connectivity index is 2.45. The first-order valence-electron chi connectivity index (χ1n) is 3.41. The van der Waals surface area contributed by atoms with Gasteiger partial charge in [0.25, 0.3) is 0 Å². The van der Waals surface area contributed by atoms with Crippen LogP contribution < -0.4 is 4.31 Å². The van der Waals surface area contributed by atoms with Gasteiger partial charge in [-0.05, 0) is 40.0 Å². The van der Waals surface area contributed by atoms with Crippen LogP contribution in [0.5, 0.6) is 0 Å². The predicted molar refractivity (Wildman–Crippen MR) is 55.2 cm³/mol. The number of benzene rings is 1. The summed E-state index contributed by atoms with van der Waals surface area (Å²) < 4.78 is 3.08. The van der Waals surface area contributed by atoms with Gasteiger partial charge in [-0.2, -0.15) is 0 Å². The van der Waals surface area contributed by atoms with Gasteiger partial charge in [-0.25, -0.2) is 0 Å². The molecule has 2 rings (SSSR count). The zero-order valence-corrected chi connectivity index (χ0v) is 8.78. The summed E-state index contributed by atoms with van der Waals surface area (Å²) in [4.78, 5) is 10.5. The lowest BCUT2D eigenvalue weighted by molar-refractivity contribution is 0.112. The summed E-state index contributed by atoms with van der Waals surface area (Å²) in [6.45, 7) is 0. The van der Waals surface area contributed by atoms with E-state index in [4.69, 9.17) is 0 Å². The summed E-state index contributed by atoms with van der Waals surface area (Å²) in [7, 11) is 0. The van der Waals surface area contributed by atoms with Crippen molar-refractivity contribution in [2.75, 3.05) is 10.6 Å². The lowest BCUT2D eigenvalue weighted by Crippen LogP contribution is -1.78. The Labute approximate surface area is 83.2 Å². The van der Waals surface area contributed by atoms with Crippen molar-refractivity contribution < 1.29 is 4.79 Å². The molecule has 1 aromatic rings. The minimum atomic E-state index is 0.720. The van der Waals surface area contributed by atoms with Crippen molar-refractivity contribution in [3.63, 3.8) is 0 Å². The fourth-order valence-electron chi connectivity index (χ4n) is 1.18. The summed E-state index contributed by atoms with van der Waals surface area (Å²) in [5.74, 6) is 0. The Bertz CT molecular complexity index is 353. The van der Waals surface area contributed by atoms with Gasteiger partial charge in [0.2, 0.25) is 0 Å². The number of carbonyl (C=O) groups excluding carboxylic acids is 1. The summed E-state index contributed by atoms with van der Waals surface area (Å²) in [6, 6.07) is 3.73. The van der Waals surface area contributed by atoms with Gasteiger partial charge in [-0.1, -0.05) is 0 Å². The molecule has 0 radical (unpaired) electrons. The third-order valence-corrected chi connectivity index (χ3v) is 3.11. The fourth-order valence-corrected chi connectivity index (χ4v) is 2.61. The van der Waals surface area contributed by atoms with Crippen molar-refractivity contribution in [2.24, 2.45) is 0 Å². The summed E-state index contributed by atoms with van der Waals surface area (Å²) in [6.07, 6.45) is 2.87. The molecule has 0 fully saturated rings. The van der Waals surface area contributed by atoms with Gasteiger partial charge >= 0.3 is 0 Å². The Morgan fingerprint density at radius 2 is 2.33 bits per heavy atom. The average molecular weight is 244 g/mol. The summed E-state index contributed by atoms with van der Waals surface area (Å²) in [5.41, 5.74) is 3.05. The first kappa shape index (κ1) is 8.13. The van der Waals surface area contributed by atoms with Crippen molar-refractivity contribution in [2.45, 2.75) is 0 Å². The van der Waals surface area contributed by atoms with Gasteiger partial charge in [-0.3, -0.25) is 9.10 Å². The van der Waals surface area contributed by atoms with E-state index in [-0.39, 0.29) is 0 Å². The van der Waals surface area contributed by atoms with E-state index in [1.165, 1.54) is 5.69 Å². The largest absolute Gasteiger partial charge is 0.298 e. The number of halogens is 1. The molecule has 0 saturated heterocycles. The number of aldehydes is 1. The van der Waals surface area contributed by atoms with Crippen LogP contribution in [0.4, 0.5) is 11.4 Å². The van der Waals surface area contributed by atoms with Crippen molar-refractivity contribution in [1.29, 1.82) is 0 Å². The van der Waals surface area contributed by atoms with E-state index in [2.05, 4.69) is 20.2 Å². The summed E-state index contributed by atoms with van der Waals surface area (Å²) >= 11 is 5.05. The molecule has 1 aromatic carbocycles. The van der Waals surface area contributed by atoms with E-state index in [0.717, 1.165) is 22.0 Å². The van der Waals surface area contributed by atoms with Gasteiger partial charge in [-0.15, -0.1) is 0 Å². The van der Waals surface area contributed by atoms with E-state index >= 15 is 0 Å². The van der Waals surface area contributed by atoms with Crippen LogP contribution in [0.1, 0.15) is 10.4 Å². The van der Waals surface area contributed by atoms with Crippen LogP contribution in [0.15, 0.2) is 16.6 Å². The maximum atomic E-state index is 10.5. The molecule has 4 heteroatoms. The molecular weight excluding hydrogens is 238 g/mol. The smallest absolute Gasteiger partial charge is 0.150 e. The highest BCUT2D eigenvalue weighted by atomic mass is 79.9. The Morgan fingerprint density at radius 3 is 2.92 bits per heavy atom. The van der Waals surface area contributed by atoms with Crippen LogP contribution in [0.25, 0.3) is 0 Å². The SMILES string of the molecule is CSN1c2cc(C=O)cc(Br)c21. The van der Waals surface area contributed by atoms with Crippen LogP contribution in [-0.4, -0.2) is 12.5 Å². The maximum Gasteiger partial charge on any atom is 0.150 e. The van der Waals surface area contributed by atoms with Crippen LogP contribution >= 0.6 is 27.9 Å². The molecular formula is C8H6BrNOS. The Hall–Kier alpha value is -0.480.